The van der Waals surface area contributed by atoms with Crippen LogP contribution in [0.15, 0.2) is 42.6 Å². The fraction of sp³-hybridized carbons (Fsp3) is 0.278. The van der Waals surface area contributed by atoms with E-state index in [2.05, 4.69) is 10.3 Å². The van der Waals surface area contributed by atoms with Crippen molar-refractivity contribution in [2.45, 2.75) is 20.0 Å². The lowest BCUT2D eigenvalue weighted by Crippen LogP contribution is -2.19. The number of amides is 1. The van der Waals surface area contributed by atoms with Crippen LogP contribution in [0.25, 0.3) is 0 Å². The van der Waals surface area contributed by atoms with Crippen LogP contribution >= 0.6 is 0 Å². The van der Waals surface area contributed by atoms with Crippen LogP contribution in [0.2, 0.25) is 0 Å². The first-order valence-corrected chi connectivity index (χ1v) is 7.63. The van der Waals surface area contributed by atoms with Gasteiger partial charge in [0.05, 0.1) is 17.2 Å². The molecule has 126 valence electrons. The van der Waals surface area contributed by atoms with Gasteiger partial charge in [0, 0.05) is 26.0 Å². The zero-order valence-corrected chi connectivity index (χ0v) is 14.2. The topological polar surface area (TPSA) is 71.5 Å². The normalized spacial score (nSPS) is 10.4. The minimum absolute atomic E-state index is 0.174. The Bertz CT molecular complexity index is 725. The molecule has 2 rings (SSSR count). The molecular weight excluding hydrogens is 306 g/mol. The van der Waals surface area contributed by atoms with Gasteiger partial charge in [0.25, 0.3) is 5.91 Å². The molecule has 1 aromatic heterocycles. The van der Waals surface area contributed by atoms with Gasteiger partial charge in [-0.3, -0.25) is 4.79 Å². The first-order valence-electron chi connectivity index (χ1n) is 7.63. The molecule has 0 radical (unpaired) electrons. The average Bonchev–Trinajstić information content (AvgIpc) is 2.54. The Morgan fingerprint density at radius 2 is 1.79 bits per heavy atom. The second kappa shape index (κ2) is 7.59. The number of anilines is 2. The molecule has 6 heteroatoms. The number of nitrogens with zero attached hydrogens (tertiary/aromatic N) is 2. The van der Waals surface area contributed by atoms with Crippen LogP contribution in [0.5, 0.6) is 0 Å². The van der Waals surface area contributed by atoms with Crippen LogP contribution in [0.1, 0.15) is 34.6 Å². The van der Waals surface area contributed by atoms with Crippen molar-refractivity contribution in [3.8, 4) is 0 Å². The molecule has 0 spiro atoms. The third-order valence-electron chi connectivity index (χ3n) is 3.18. The maximum atomic E-state index is 12.4. The second-order valence-electron chi connectivity index (χ2n) is 5.75. The average molecular weight is 327 g/mol. The van der Waals surface area contributed by atoms with E-state index >= 15 is 0 Å². The first kappa shape index (κ1) is 17.5. The highest BCUT2D eigenvalue weighted by Gasteiger charge is 2.14. The van der Waals surface area contributed by atoms with Crippen LogP contribution in [-0.2, 0) is 4.74 Å². The molecule has 0 saturated heterocycles. The zero-order valence-electron chi connectivity index (χ0n) is 14.2. The molecule has 2 aromatic rings. The van der Waals surface area contributed by atoms with E-state index in [0.29, 0.717) is 22.6 Å². The summed E-state index contributed by atoms with van der Waals surface area (Å²) in [5.41, 5.74) is 1.51. The lowest BCUT2D eigenvalue weighted by molar-refractivity contribution is 0.0378. The summed E-state index contributed by atoms with van der Waals surface area (Å²) in [7, 11) is 3.66. The van der Waals surface area contributed by atoms with Crippen molar-refractivity contribution in [1.29, 1.82) is 0 Å². The van der Waals surface area contributed by atoms with E-state index in [1.54, 1.807) is 61.3 Å². The number of carbonyl (C=O) groups excluding carboxylic acids is 2. The van der Waals surface area contributed by atoms with E-state index in [1.807, 2.05) is 14.1 Å². The predicted molar refractivity (Wildman–Crippen MR) is 93.5 cm³/mol. The molecule has 0 bridgehead atoms. The molecule has 0 atom stereocenters. The molecule has 0 aliphatic heterocycles. The number of hydrogen-bond acceptors (Lipinski definition) is 5. The molecule has 1 aromatic carbocycles. The summed E-state index contributed by atoms with van der Waals surface area (Å²) >= 11 is 0. The number of aromatic nitrogens is 1. The molecule has 0 saturated carbocycles. The summed E-state index contributed by atoms with van der Waals surface area (Å²) < 4.78 is 5.13. The van der Waals surface area contributed by atoms with Crippen LogP contribution < -0.4 is 10.2 Å². The number of pyridine rings is 1. The highest BCUT2D eigenvalue weighted by molar-refractivity contribution is 6.07. The van der Waals surface area contributed by atoms with Gasteiger partial charge >= 0.3 is 5.97 Å². The SMILES string of the molecule is CC(C)OC(=O)c1ccc(NC(=O)c2cccnc2N(C)C)cc1. The fourth-order valence-electron chi connectivity index (χ4n) is 2.10. The summed E-state index contributed by atoms with van der Waals surface area (Å²) in [6.07, 6.45) is 1.47. The van der Waals surface area contributed by atoms with Gasteiger partial charge in [-0.25, -0.2) is 9.78 Å². The quantitative estimate of drug-likeness (QED) is 0.855. The largest absolute Gasteiger partial charge is 0.459 e. The number of nitrogens with one attached hydrogen (secondary N) is 1. The van der Waals surface area contributed by atoms with Crippen molar-refractivity contribution in [2.24, 2.45) is 0 Å². The number of esters is 1. The molecule has 6 nitrogen and oxygen atoms in total. The molecule has 24 heavy (non-hydrogen) atoms. The molecule has 1 amide bonds. The highest BCUT2D eigenvalue weighted by Crippen LogP contribution is 2.17. The lowest BCUT2D eigenvalue weighted by atomic mass is 10.2. The van der Waals surface area contributed by atoms with Gasteiger partial charge in [-0.15, -0.1) is 0 Å². The summed E-state index contributed by atoms with van der Waals surface area (Å²) in [4.78, 5) is 30.2. The number of benzene rings is 1. The van der Waals surface area contributed by atoms with Crippen molar-refractivity contribution in [2.75, 3.05) is 24.3 Å². The van der Waals surface area contributed by atoms with Gasteiger partial charge < -0.3 is 15.0 Å². The second-order valence-corrected chi connectivity index (χ2v) is 5.75. The Morgan fingerprint density at radius 3 is 2.38 bits per heavy atom. The fourth-order valence-corrected chi connectivity index (χ4v) is 2.10. The van der Waals surface area contributed by atoms with Crippen molar-refractivity contribution in [3.05, 3.63) is 53.7 Å². The van der Waals surface area contributed by atoms with E-state index in [0.717, 1.165) is 0 Å². The Balaban J connectivity index is 2.12. The van der Waals surface area contributed by atoms with E-state index in [1.165, 1.54) is 0 Å². The van der Waals surface area contributed by atoms with Crippen molar-refractivity contribution >= 4 is 23.4 Å². The summed E-state index contributed by atoms with van der Waals surface area (Å²) in [5, 5.41) is 2.80. The first-order chi connectivity index (χ1) is 11.4. The molecular formula is C18H21N3O3. The minimum atomic E-state index is -0.384. The van der Waals surface area contributed by atoms with E-state index < -0.39 is 0 Å². The van der Waals surface area contributed by atoms with Crippen LogP contribution in [0, 0.1) is 0 Å². The number of ether oxygens (including phenoxy) is 1. The molecule has 1 N–H and O–H groups in total. The molecule has 0 aliphatic rings. The number of carbonyl (C=O) groups is 2. The zero-order chi connectivity index (χ0) is 17.7. The Hall–Kier alpha value is -2.89. The summed E-state index contributed by atoms with van der Waals surface area (Å²) in [6, 6.07) is 10.0. The van der Waals surface area contributed by atoms with Crippen LogP contribution in [0.4, 0.5) is 11.5 Å². The Labute approximate surface area is 141 Å². The lowest BCUT2D eigenvalue weighted by Gasteiger charge is -2.15. The van der Waals surface area contributed by atoms with Gasteiger partial charge in [-0.05, 0) is 50.2 Å². The molecule has 0 aliphatic carbocycles. The van der Waals surface area contributed by atoms with Gasteiger partial charge in [0.15, 0.2) is 0 Å². The summed E-state index contributed by atoms with van der Waals surface area (Å²) in [6.45, 7) is 3.59. The van der Waals surface area contributed by atoms with Crippen LogP contribution in [-0.4, -0.2) is 37.1 Å². The maximum absolute atomic E-state index is 12.4. The highest BCUT2D eigenvalue weighted by atomic mass is 16.5. The van der Waals surface area contributed by atoms with Gasteiger partial charge in [0.1, 0.15) is 5.82 Å². The molecule has 0 fully saturated rings. The molecule has 0 unspecified atom stereocenters. The maximum Gasteiger partial charge on any atom is 0.338 e. The van der Waals surface area contributed by atoms with Crippen molar-refractivity contribution in [3.63, 3.8) is 0 Å². The van der Waals surface area contributed by atoms with E-state index in [4.69, 9.17) is 4.74 Å². The van der Waals surface area contributed by atoms with Gasteiger partial charge in [-0.2, -0.15) is 0 Å². The summed E-state index contributed by atoms with van der Waals surface area (Å²) in [5.74, 6) is -0.0542. The standard InChI is InChI=1S/C18H21N3O3/c1-12(2)24-18(23)13-7-9-14(10-8-13)20-17(22)15-6-5-11-19-16(15)21(3)4/h5-12H,1-4H3,(H,20,22). The van der Waals surface area contributed by atoms with Gasteiger partial charge in [0.2, 0.25) is 0 Å². The third-order valence-corrected chi connectivity index (χ3v) is 3.18. The predicted octanol–water partition coefficient (Wildman–Crippen LogP) is 2.97. The number of rotatable bonds is 5. The van der Waals surface area contributed by atoms with E-state index in [9.17, 15) is 9.59 Å². The minimum Gasteiger partial charge on any atom is -0.459 e. The van der Waals surface area contributed by atoms with Gasteiger partial charge in [-0.1, -0.05) is 0 Å². The molecule has 1 heterocycles. The monoisotopic (exact) mass is 327 g/mol. The van der Waals surface area contributed by atoms with E-state index in [-0.39, 0.29) is 18.0 Å². The number of hydrogen-bond donors (Lipinski definition) is 1. The van der Waals surface area contributed by atoms with Crippen molar-refractivity contribution in [1.82, 2.24) is 4.98 Å². The smallest absolute Gasteiger partial charge is 0.338 e. The van der Waals surface area contributed by atoms with Crippen LogP contribution in [0.3, 0.4) is 0 Å². The third kappa shape index (κ3) is 4.32. The Kier molecular flexibility index (Phi) is 5.52. The Morgan fingerprint density at radius 1 is 1.12 bits per heavy atom. The van der Waals surface area contributed by atoms with Crippen molar-refractivity contribution < 1.29 is 14.3 Å².